The van der Waals surface area contributed by atoms with Gasteiger partial charge in [-0.05, 0) is 48.4 Å². The molecule has 0 radical (unpaired) electrons. The Kier molecular flexibility index (Phi) is 4.03. The van der Waals surface area contributed by atoms with Crippen LogP contribution in [-0.2, 0) is 6.42 Å². The maximum absolute atomic E-state index is 12.4. The summed E-state index contributed by atoms with van der Waals surface area (Å²) in [6.07, 6.45) is 3.23. The lowest BCUT2D eigenvalue weighted by Crippen LogP contribution is -2.30. The molecule has 1 aliphatic rings. The molecule has 0 bridgehead atoms. The molecule has 3 rings (SSSR count). The van der Waals surface area contributed by atoms with Gasteiger partial charge < -0.3 is 11.1 Å². The number of rotatable bonds is 3. The van der Waals surface area contributed by atoms with E-state index in [0.29, 0.717) is 10.6 Å². The van der Waals surface area contributed by atoms with Crippen LogP contribution >= 0.6 is 23.6 Å². The van der Waals surface area contributed by atoms with Crippen LogP contribution in [0.25, 0.3) is 0 Å². The molecule has 1 heterocycles. The van der Waals surface area contributed by atoms with Crippen molar-refractivity contribution in [1.82, 2.24) is 5.32 Å². The highest BCUT2D eigenvalue weighted by atomic mass is 32.1. The quantitative estimate of drug-likeness (QED) is 0.855. The van der Waals surface area contributed by atoms with Gasteiger partial charge in [-0.2, -0.15) is 0 Å². The van der Waals surface area contributed by atoms with E-state index in [9.17, 15) is 4.79 Å². The van der Waals surface area contributed by atoms with Gasteiger partial charge >= 0.3 is 0 Å². The van der Waals surface area contributed by atoms with Crippen LogP contribution in [0.1, 0.15) is 45.2 Å². The zero-order chi connectivity index (χ0) is 14.8. The first-order valence-corrected chi connectivity index (χ1v) is 8.21. The lowest BCUT2D eigenvalue weighted by molar-refractivity contribution is 0.0933. The van der Waals surface area contributed by atoms with Gasteiger partial charge in [-0.25, -0.2) is 0 Å². The fourth-order valence-corrected chi connectivity index (χ4v) is 3.81. The third-order valence-corrected chi connectivity index (χ3v) is 5.00. The number of fused-ring (bicyclic) bond motifs is 1. The van der Waals surface area contributed by atoms with E-state index in [0.717, 1.165) is 24.8 Å². The number of aryl methyl sites for hydroxylation is 1. The van der Waals surface area contributed by atoms with Crippen LogP contribution in [0.2, 0.25) is 0 Å². The molecule has 0 spiro atoms. The van der Waals surface area contributed by atoms with Crippen LogP contribution in [0.15, 0.2) is 35.7 Å². The van der Waals surface area contributed by atoms with Crippen LogP contribution in [0.5, 0.6) is 0 Å². The van der Waals surface area contributed by atoms with Crippen LogP contribution in [0.3, 0.4) is 0 Å². The average Bonchev–Trinajstić information content (AvgIpc) is 2.97. The average molecular weight is 316 g/mol. The summed E-state index contributed by atoms with van der Waals surface area (Å²) in [5.74, 6) is -0.0721. The predicted molar refractivity (Wildman–Crippen MR) is 89.8 cm³/mol. The topological polar surface area (TPSA) is 55.1 Å². The second-order valence-corrected chi connectivity index (χ2v) is 6.60. The van der Waals surface area contributed by atoms with Crippen molar-refractivity contribution in [1.29, 1.82) is 0 Å². The maximum Gasteiger partial charge on any atom is 0.251 e. The fraction of sp³-hybridized carbons (Fsp3) is 0.250. The van der Waals surface area contributed by atoms with Gasteiger partial charge in [0, 0.05) is 16.0 Å². The summed E-state index contributed by atoms with van der Waals surface area (Å²) in [7, 11) is 0. The smallest absolute Gasteiger partial charge is 0.251 e. The van der Waals surface area contributed by atoms with Crippen molar-refractivity contribution in [3.63, 3.8) is 0 Å². The first-order chi connectivity index (χ1) is 10.1. The molecule has 0 aliphatic heterocycles. The minimum absolute atomic E-state index is 0.0721. The molecule has 21 heavy (non-hydrogen) atoms. The Morgan fingerprint density at radius 2 is 2.14 bits per heavy atom. The molecule has 5 heteroatoms. The van der Waals surface area contributed by atoms with Gasteiger partial charge in [0.25, 0.3) is 5.91 Å². The second kappa shape index (κ2) is 5.95. The molecule has 108 valence electrons. The van der Waals surface area contributed by atoms with E-state index in [1.807, 2.05) is 6.07 Å². The van der Waals surface area contributed by atoms with E-state index in [4.69, 9.17) is 18.0 Å². The summed E-state index contributed by atoms with van der Waals surface area (Å²) in [4.78, 5) is 14.1. The highest BCUT2D eigenvalue weighted by Gasteiger charge is 2.23. The number of thiocarbonyl (C=S) groups is 1. The standard InChI is InChI=1S/C16H16N2OS2/c17-15(20)10-3-1-4-11(9-10)16(19)18-13-5-2-6-14-12(13)7-8-21-14/h1,3-4,7-9,13H,2,5-6H2,(H2,17,20)(H,18,19). The number of amides is 1. The van der Waals surface area contributed by atoms with Crippen molar-refractivity contribution in [2.75, 3.05) is 0 Å². The number of carbonyl (C=O) groups is 1. The van der Waals surface area contributed by atoms with E-state index in [1.54, 1.807) is 29.5 Å². The van der Waals surface area contributed by atoms with E-state index >= 15 is 0 Å². The van der Waals surface area contributed by atoms with E-state index in [1.165, 1.54) is 10.4 Å². The van der Waals surface area contributed by atoms with Gasteiger partial charge in [0.2, 0.25) is 0 Å². The normalized spacial score (nSPS) is 17.0. The maximum atomic E-state index is 12.4. The second-order valence-electron chi connectivity index (χ2n) is 5.16. The minimum atomic E-state index is -0.0721. The molecule has 3 nitrogen and oxygen atoms in total. The molecule has 1 aliphatic carbocycles. The van der Waals surface area contributed by atoms with Gasteiger partial charge in [0.15, 0.2) is 0 Å². The molecule has 3 N–H and O–H groups in total. The zero-order valence-corrected chi connectivity index (χ0v) is 13.1. The van der Waals surface area contributed by atoms with Crippen LogP contribution in [0.4, 0.5) is 0 Å². The van der Waals surface area contributed by atoms with Crippen LogP contribution in [-0.4, -0.2) is 10.9 Å². The summed E-state index contributed by atoms with van der Waals surface area (Å²) in [6.45, 7) is 0. The first-order valence-electron chi connectivity index (χ1n) is 6.92. The van der Waals surface area contributed by atoms with Crippen molar-refractivity contribution < 1.29 is 4.79 Å². The number of hydrogen-bond donors (Lipinski definition) is 2. The molecule has 1 amide bonds. The lowest BCUT2D eigenvalue weighted by Gasteiger charge is -2.23. The molecule has 1 aromatic heterocycles. The molecule has 1 aromatic carbocycles. The third-order valence-electron chi connectivity index (χ3n) is 3.77. The molecule has 1 atom stereocenters. The van der Waals surface area contributed by atoms with Crippen molar-refractivity contribution in [3.05, 3.63) is 57.3 Å². The van der Waals surface area contributed by atoms with Crippen molar-refractivity contribution in [2.24, 2.45) is 5.73 Å². The minimum Gasteiger partial charge on any atom is -0.389 e. The number of hydrogen-bond acceptors (Lipinski definition) is 3. The number of benzene rings is 1. The zero-order valence-electron chi connectivity index (χ0n) is 11.5. The van der Waals surface area contributed by atoms with Crippen LogP contribution < -0.4 is 11.1 Å². The van der Waals surface area contributed by atoms with Gasteiger partial charge in [0.1, 0.15) is 4.99 Å². The number of nitrogens with two attached hydrogens (primary N) is 1. The van der Waals surface area contributed by atoms with Gasteiger partial charge in [-0.15, -0.1) is 11.3 Å². The largest absolute Gasteiger partial charge is 0.389 e. The van der Waals surface area contributed by atoms with Crippen LogP contribution in [0, 0.1) is 0 Å². The lowest BCUT2D eigenvalue weighted by atomic mass is 9.94. The highest BCUT2D eigenvalue weighted by molar-refractivity contribution is 7.80. The van der Waals surface area contributed by atoms with Gasteiger partial charge in [-0.3, -0.25) is 4.79 Å². The van der Waals surface area contributed by atoms with E-state index in [-0.39, 0.29) is 11.9 Å². The Labute approximate surface area is 133 Å². The van der Waals surface area contributed by atoms with Crippen molar-refractivity contribution in [3.8, 4) is 0 Å². The Balaban J connectivity index is 1.79. The molecule has 2 aromatic rings. The number of thiophene rings is 1. The molecular formula is C16H16N2OS2. The molecule has 0 saturated heterocycles. The summed E-state index contributed by atoms with van der Waals surface area (Å²) < 4.78 is 0. The molecule has 1 unspecified atom stereocenters. The summed E-state index contributed by atoms with van der Waals surface area (Å²) in [5, 5.41) is 5.23. The van der Waals surface area contributed by atoms with Crippen molar-refractivity contribution in [2.45, 2.75) is 25.3 Å². The Morgan fingerprint density at radius 3 is 2.95 bits per heavy atom. The third kappa shape index (κ3) is 2.99. The van der Waals surface area contributed by atoms with Crippen molar-refractivity contribution >= 4 is 34.5 Å². The van der Waals surface area contributed by atoms with E-state index in [2.05, 4.69) is 16.8 Å². The molecule has 0 fully saturated rings. The Bertz CT molecular complexity index is 693. The Hall–Kier alpha value is -1.72. The summed E-state index contributed by atoms with van der Waals surface area (Å²) in [6, 6.07) is 9.39. The monoisotopic (exact) mass is 316 g/mol. The summed E-state index contributed by atoms with van der Waals surface area (Å²) >= 11 is 6.73. The predicted octanol–water partition coefficient (Wildman–Crippen LogP) is 3.19. The van der Waals surface area contributed by atoms with Gasteiger partial charge in [0.05, 0.1) is 6.04 Å². The number of carbonyl (C=O) groups excluding carboxylic acids is 1. The fourth-order valence-electron chi connectivity index (χ4n) is 2.69. The number of nitrogens with one attached hydrogen (secondary N) is 1. The van der Waals surface area contributed by atoms with Gasteiger partial charge in [-0.1, -0.05) is 24.4 Å². The van der Waals surface area contributed by atoms with E-state index < -0.39 is 0 Å². The first kappa shape index (κ1) is 14.2. The summed E-state index contributed by atoms with van der Waals surface area (Å²) in [5.41, 5.74) is 8.21. The molecular weight excluding hydrogens is 300 g/mol. The highest BCUT2D eigenvalue weighted by Crippen LogP contribution is 2.33. The molecule has 0 saturated carbocycles. The Morgan fingerprint density at radius 1 is 1.33 bits per heavy atom. The SMILES string of the molecule is NC(=S)c1cccc(C(=O)NC2CCCc3sccc32)c1.